The van der Waals surface area contributed by atoms with Crippen LogP contribution < -0.4 is 4.74 Å². The van der Waals surface area contributed by atoms with Crippen molar-refractivity contribution < 1.29 is 28.5 Å². The summed E-state index contributed by atoms with van der Waals surface area (Å²) in [4.78, 5) is 10.4. The van der Waals surface area contributed by atoms with Gasteiger partial charge in [0.05, 0.1) is 19.6 Å². The van der Waals surface area contributed by atoms with E-state index in [1.54, 1.807) is 0 Å². The van der Waals surface area contributed by atoms with Gasteiger partial charge in [0, 0.05) is 11.6 Å². The van der Waals surface area contributed by atoms with Crippen LogP contribution in [0.25, 0.3) is 0 Å². The average Bonchev–Trinajstić information content (AvgIpc) is 2.15. The Morgan fingerprint density at radius 1 is 1.50 bits per heavy atom. The molecule has 0 aromatic heterocycles. The average molecular weight is 232 g/mol. The molecule has 1 unspecified atom stereocenters. The Labute approximate surface area is 90.1 Å². The number of methoxy groups -OCH3 is 1. The van der Waals surface area contributed by atoms with Crippen molar-refractivity contribution in [2.75, 3.05) is 7.11 Å². The number of ether oxygens (including phenoxy) is 1. The summed E-state index contributed by atoms with van der Waals surface area (Å²) >= 11 is 0. The van der Waals surface area contributed by atoms with Crippen LogP contribution in [0.3, 0.4) is 0 Å². The highest BCUT2D eigenvalue weighted by atomic mass is 19.1. The highest BCUT2D eigenvalue weighted by Crippen LogP contribution is 2.30. The normalized spacial score (nSPS) is 12.2. The number of hydrogen-bond donors (Lipinski definition) is 2. The van der Waals surface area contributed by atoms with Gasteiger partial charge in [0.15, 0.2) is 11.6 Å². The number of rotatable bonds is 4. The van der Waals surface area contributed by atoms with Gasteiger partial charge in [-0.25, -0.2) is 8.78 Å². The topological polar surface area (TPSA) is 66.8 Å². The first-order valence-corrected chi connectivity index (χ1v) is 4.38. The molecule has 1 atom stereocenters. The molecule has 0 radical (unpaired) electrons. The lowest BCUT2D eigenvalue weighted by atomic mass is 10.0. The molecule has 1 aromatic carbocycles. The first-order valence-electron chi connectivity index (χ1n) is 4.38. The summed E-state index contributed by atoms with van der Waals surface area (Å²) in [7, 11) is 1.15. The van der Waals surface area contributed by atoms with Crippen LogP contribution in [0, 0.1) is 11.6 Å². The minimum atomic E-state index is -1.52. The number of hydrogen-bond acceptors (Lipinski definition) is 3. The van der Waals surface area contributed by atoms with Crippen molar-refractivity contribution >= 4 is 5.97 Å². The maximum atomic E-state index is 13.2. The Hall–Kier alpha value is -1.69. The molecule has 16 heavy (non-hydrogen) atoms. The van der Waals surface area contributed by atoms with Gasteiger partial charge in [-0.1, -0.05) is 0 Å². The highest BCUT2D eigenvalue weighted by molar-refractivity contribution is 5.68. The van der Waals surface area contributed by atoms with E-state index in [0.717, 1.165) is 13.2 Å². The van der Waals surface area contributed by atoms with E-state index in [4.69, 9.17) is 5.11 Å². The van der Waals surface area contributed by atoms with E-state index in [2.05, 4.69) is 4.74 Å². The Balaban J connectivity index is 3.15. The monoisotopic (exact) mass is 232 g/mol. The second-order valence-electron chi connectivity index (χ2n) is 3.12. The zero-order chi connectivity index (χ0) is 12.3. The number of aliphatic hydroxyl groups is 1. The molecule has 0 spiro atoms. The van der Waals surface area contributed by atoms with Crippen molar-refractivity contribution in [3.8, 4) is 5.75 Å². The van der Waals surface area contributed by atoms with Crippen molar-refractivity contribution in [1.82, 2.24) is 0 Å². The molecule has 1 rings (SSSR count). The second-order valence-corrected chi connectivity index (χ2v) is 3.12. The number of aliphatic carboxylic acids is 1. The SMILES string of the molecule is COc1c(F)cc(F)cc1C(O)CC(=O)O. The van der Waals surface area contributed by atoms with Crippen LogP contribution >= 0.6 is 0 Å². The summed E-state index contributed by atoms with van der Waals surface area (Å²) in [5.74, 6) is -3.52. The molecule has 0 aliphatic carbocycles. The maximum absolute atomic E-state index is 13.2. The van der Waals surface area contributed by atoms with Crippen LogP contribution in [-0.4, -0.2) is 23.3 Å². The summed E-state index contributed by atoms with van der Waals surface area (Å²) in [5.41, 5.74) is -0.220. The second kappa shape index (κ2) is 4.89. The van der Waals surface area contributed by atoms with Gasteiger partial charge in [-0.05, 0) is 6.07 Å². The zero-order valence-electron chi connectivity index (χ0n) is 8.41. The van der Waals surface area contributed by atoms with E-state index in [-0.39, 0.29) is 11.3 Å². The number of carboxylic acid groups (broad SMARTS) is 1. The van der Waals surface area contributed by atoms with Gasteiger partial charge < -0.3 is 14.9 Å². The molecule has 0 saturated carbocycles. The number of aliphatic hydroxyl groups excluding tert-OH is 1. The molecule has 88 valence electrons. The van der Waals surface area contributed by atoms with Crippen molar-refractivity contribution in [3.63, 3.8) is 0 Å². The van der Waals surface area contributed by atoms with Crippen LogP contribution in [0.5, 0.6) is 5.75 Å². The number of halogens is 2. The molecule has 4 nitrogen and oxygen atoms in total. The molecule has 0 aliphatic rings. The third-order valence-electron chi connectivity index (χ3n) is 1.97. The van der Waals surface area contributed by atoms with Gasteiger partial charge >= 0.3 is 5.97 Å². The Kier molecular flexibility index (Phi) is 3.78. The van der Waals surface area contributed by atoms with Gasteiger partial charge in [-0.15, -0.1) is 0 Å². The fourth-order valence-electron chi connectivity index (χ4n) is 1.32. The fourth-order valence-corrected chi connectivity index (χ4v) is 1.32. The van der Waals surface area contributed by atoms with Gasteiger partial charge in [-0.3, -0.25) is 4.79 Å². The quantitative estimate of drug-likeness (QED) is 0.825. The van der Waals surface area contributed by atoms with E-state index in [0.29, 0.717) is 6.07 Å². The fraction of sp³-hybridized carbons (Fsp3) is 0.300. The van der Waals surface area contributed by atoms with E-state index in [9.17, 15) is 18.7 Å². The van der Waals surface area contributed by atoms with E-state index in [1.165, 1.54) is 0 Å². The first-order chi connectivity index (χ1) is 7.45. The van der Waals surface area contributed by atoms with Crippen LogP contribution in [0.2, 0.25) is 0 Å². The van der Waals surface area contributed by atoms with Crippen LogP contribution in [0.4, 0.5) is 8.78 Å². The third-order valence-corrected chi connectivity index (χ3v) is 1.97. The number of benzene rings is 1. The molecule has 0 bridgehead atoms. The summed E-state index contributed by atoms with van der Waals surface area (Å²) < 4.78 is 30.7. The molecule has 0 saturated heterocycles. The molecule has 0 fully saturated rings. The van der Waals surface area contributed by atoms with E-state index >= 15 is 0 Å². The minimum absolute atomic E-state index is 0.220. The van der Waals surface area contributed by atoms with Crippen molar-refractivity contribution in [2.24, 2.45) is 0 Å². The highest BCUT2D eigenvalue weighted by Gasteiger charge is 2.20. The molecule has 0 aliphatic heterocycles. The molecular weight excluding hydrogens is 222 g/mol. The molecule has 2 N–H and O–H groups in total. The van der Waals surface area contributed by atoms with Gasteiger partial charge in [0.25, 0.3) is 0 Å². The van der Waals surface area contributed by atoms with Gasteiger partial charge in [0.1, 0.15) is 5.82 Å². The Morgan fingerprint density at radius 3 is 2.62 bits per heavy atom. The lowest BCUT2D eigenvalue weighted by Crippen LogP contribution is -2.08. The Morgan fingerprint density at radius 2 is 2.12 bits per heavy atom. The van der Waals surface area contributed by atoms with Gasteiger partial charge in [0.2, 0.25) is 0 Å². The summed E-state index contributed by atoms with van der Waals surface area (Å²) in [6, 6.07) is 1.44. The largest absolute Gasteiger partial charge is 0.493 e. The third kappa shape index (κ3) is 2.66. The standard InChI is InChI=1S/C10H10F2O4/c1-16-10-6(8(13)4-9(14)15)2-5(11)3-7(10)12/h2-3,8,13H,4H2,1H3,(H,14,15). The maximum Gasteiger partial charge on any atom is 0.306 e. The first kappa shape index (κ1) is 12.4. The van der Waals surface area contributed by atoms with Crippen LogP contribution in [-0.2, 0) is 4.79 Å². The van der Waals surface area contributed by atoms with Crippen LogP contribution in [0.1, 0.15) is 18.1 Å². The summed E-state index contributed by atoms with van der Waals surface area (Å²) in [5, 5.41) is 17.9. The molecule has 1 aromatic rings. The zero-order valence-corrected chi connectivity index (χ0v) is 8.41. The lowest BCUT2D eigenvalue weighted by molar-refractivity contribution is -0.139. The number of carboxylic acids is 1. The minimum Gasteiger partial charge on any atom is -0.493 e. The van der Waals surface area contributed by atoms with Crippen molar-refractivity contribution in [3.05, 3.63) is 29.3 Å². The van der Waals surface area contributed by atoms with Crippen molar-refractivity contribution in [2.45, 2.75) is 12.5 Å². The predicted molar refractivity (Wildman–Crippen MR) is 50.1 cm³/mol. The smallest absolute Gasteiger partial charge is 0.306 e. The Bertz CT molecular complexity index is 406. The molecule has 0 amide bonds. The number of carbonyl (C=O) groups is 1. The van der Waals surface area contributed by atoms with Crippen molar-refractivity contribution in [1.29, 1.82) is 0 Å². The lowest BCUT2D eigenvalue weighted by Gasteiger charge is -2.13. The molecule has 6 heteroatoms. The predicted octanol–water partition coefficient (Wildman–Crippen LogP) is 1.48. The summed E-state index contributed by atoms with van der Waals surface area (Å²) in [6.07, 6.45) is -2.17. The van der Waals surface area contributed by atoms with Gasteiger partial charge in [-0.2, -0.15) is 0 Å². The van der Waals surface area contributed by atoms with E-state index in [1.807, 2.05) is 0 Å². The molecular formula is C10H10F2O4. The van der Waals surface area contributed by atoms with E-state index < -0.39 is 30.1 Å². The summed E-state index contributed by atoms with van der Waals surface area (Å²) in [6.45, 7) is 0. The van der Waals surface area contributed by atoms with Crippen LogP contribution in [0.15, 0.2) is 12.1 Å². The molecule has 0 heterocycles.